The Balaban J connectivity index is 1.12. The molecule has 3 heteroatoms. The molecule has 0 atom stereocenters. The third-order valence-electron chi connectivity index (χ3n) is 9.32. The van der Waals surface area contributed by atoms with Crippen LogP contribution in [0.4, 0.5) is 17.1 Å². The van der Waals surface area contributed by atoms with Crippen molar-refractivity contribution in [2.45, 2.75) is 0 Å². The van der Waals surface area contributed by atoms with Crippen LogP contribution in [-0.4, -0.2) is 4.98 Å². The molecule has 50 heavy (non-hydrogen) atoms. The van der Waals surface area contributed by atoms with Gasteiger partial charge < -0.3 is 9.32 Å². The Morgan fingerprint density at radius 3 is 1.26 bits per heavy atom. The van der Waals surface area contributed by atoms with Crippen LogP contribution >= 0.6 is 0 Å². The van der Waals surface area contributed by atoms with E-state index >= 15 is 0 Å². The van der Waals surface area contributed by atoms with Crippen LogP contribution in [-0.2, 0) is 0 Å². The summed E-state index contributed by atoms with van der Waals surface area (Å²) in [5.41, 5.74) is 12.9. The number of hydrogen-bond acceptors (Lipinski definition) is 3. The SMILES string of the molecule is c1ccc(-c2ccc(N(c3ccc(-c4ccccc4)cc3)c3ccc(-c4cc5nc(-c6ccccc6)oc5c5ccccc45)cc3)cc2)cc1. The molecular formula is C47H32N2O. The van der Waals surface area contributed by atoms with Crippen molar-refractivity contribution in [3.05, 3.63) is 194 Å². The minimum absolute atomic E-state index is 0.630. The molecule has 9 aromatic rings. The van der Waals surface area contributed by atoms with Crippen molar-refractivity contribution >= 4 is 38.9 Å². The first-order valence-corrected chi connectivity index (χ1v) is 16.9. The Hall–Kier alpha value is -6.71. The molecule has 0 saturated heterocycles. The summed E-state index contributed by atoms with van der Waals surface area (Å²) in [6, 6.07) is 68.2. The van der Waals surface area contributed by atoms with Crippen LogP contribution in [0.3, 0.4) is 0 Å². The lowest BCUT2D eigenvalue weighted by Crippen LogP contribution is -2.09. The van der Waals surface area contributed by atoms with Gasteiger partial charge >= 0.3 is 0 Å². The van der Waals surface area contributed by atoms with Gasteiger partial charge in [-0.2, -0.15) is 0 Å². The molecule has 1 heterocycles. The van der Waals surface area contributed by atoms with Crippen LogP contribution in [0.5, 0.6) is 0 Å². The summed E-state index contributed by atoms with van der Waals surface area (Å²) < 4.78 is 6.36. The molecular weight excluding hydrogens is 609 g/mol. The molecule has 0 spiro atoms. The summed E-state index contributed by atoms with van der Waals surface area (Å²) in [6.45, 7) is 0. The van der Waals surface area contributed by atoms with Gasteiger partial charge in [-0.1, -0.05) is 140 Å². The molecule has 0 radical (unpaired) electrons. The zero-order chi connectivity index (χ0) is 33.3. The van der Waals surface area contributed by atoms with Gasteiger partial charge in [-0.15, -0.1) is 0 Å². The molecule has 0 saturated carbocycles. The molecule has 236 valence electrons. The largest absolute Gasteiger partial charge is 0.435 e. The first-order chi connectivity index (χ1) is 24.8. The van der Waals surface area contributed by atoms with Gasteiger partial charge in [-0.25, -0.2) is 4.98 Å². The topological polar surface area (TPSA) is 29.3 Å². The number of nitrogens with zero attached hydrogens (tertiary/aromatic N) is 2. The Morgan fingerprint density at radius 1 is 0.360 bits per heavy atom. The van der Waals surface area contributed by atoms with E-state index in [0.717, 1.165) is 55.6 Å². The van der Waals surface area contributed by atoms with Crippen molar-refractivity contribution < 1.29 is 4.42 Å². The van der Waals surface area contributed by atoms with Gasteiger partial charge in [0.25, 0.3) is 0 Å². The van der Waals surface area contributed by atoms with Crippen LogP contribution in [0.1, 0.15) is 0 Å². The van der Waals surface area contributed by atoms with Crippen LogP contribution in [0.2, 0.25) is 0 Å². The van der Waals surface area contributed by atoms with Crippen LogP contribution in [0.25, 0.3) is 66.7 Å². The average Bonchev–Trinajstić information content (AvgIpc) is 3.65. The highest BCUT2D eigenvalue weighted by Gasteiger charge is 2.17. The monoisotopic (exact) mass is 640 g/mol. The van der Waals surface area contributed by atoms with Gasteiger partial charge in [0, 0.05) is 28.0 Å². The number of hydrogen-bond donors (Lipinski definition) is 0. The normalized spacial score (nSPS) is 11.2. The first kappa shape index (κ1) is 29.4. The van der Waals surface area contributed by atoms with Crippen molar-refractivity contribution in [3.63, 3.8) is 0 Å². The van der Waals surface area contributed by atoms with E-state index in [1.54, 1.807) is 0 Å². The molecule has 0 fully saturated rings. The van der Waals surface area contributed by atoms with E-state index in [0.29, 0.717) is 5.89 Å². The molecule has 1 aromatic heterocycles. The molecule has 9 rings (SSSR count). The lowest BCUT2D eigenvalue weighted by Gasteiger charge is -2.26. The second-order valence-corrected chi connectivity index (χ2v) is 12.4. The predicted molar refractivity (Wildman–Crippen MR) is 208 cm³/mol. The highest BCUT2D eigenvalue weighted by molar-refractivity contribution is 6.11. The van der Waals surface area contributed by atoms with Gasteiger partial charge in [0.05, 0.1) is 0 Å². The summed E-state index contributed by atoms with van der Waals surface area (Å²) in [5, 5.41) is 2.19. The second-order valence-electron chi connectivity index (χ2n) is 12.4. The standard InChI is InChI=1S/C47H32N2O/c1-4-12-33(13-5-1)35-20-26-39(27-21-35)49(40-28-22-36(23-29-40)34-14-6-2-7-15-34)41-30-24-37(25-31-41)44-32-45-46(43-19-11-10-18-42(43)44)50-47(48-45)38-16-8-3-9-17-38/h1-32H. The van der Waals surface area contributed by atoms with E-state index in [9.17, 15) is 0 Å². The Bertz CT molecular complexity index is 2460. The summed E-state index contributed by atoms with van der Waals surface area (Å²) in [4.78, 5) is 7.25. The molecule has 0 aliphatic rings. The van der Waals surface area contributed by atoms with Crippen molar-refractivity contribution in [2.75, 3.05) is 4.90 Å². The van der Waals surface area contributed by atoms with Gasteiger partial charge in [-0.05, 0) is 93.4 Å². The van der Waals surface area contributed by atoms with Crippen molar-refractivity contribution in [1.29, 1.82) is 0 Å². The second kappa shape index (κ2) is 12.7. The third-order valence-corrected chi connectivity index (χ3v) is 9.32. The minimum Gasteiger partial charge on any atom is -0.435 e. The highest BCUT2D eigenvalue weighted by atomic mass is 16.3. The zero-order valence-electron chi connectivity index (χ0n) is 27.3. The smallest absolute Gasteiger partial charge is 0.227 e. The molecule has 8 aromatic carbocycles. The predicted octanol–water partition coefficient (Wildman–Crippen LogP) is 13.1. The zero-order valence-corrected chi connectivity index (χ0v) is 27.3. The Morgan fingerprint density at radius 2 is 0.760 bits per heavy atom. The van der Waals surface area contributed by atoms with E-state index in [4.69, 9.17) is 9.40 Å². The van der Waals surface area contributed by atoms with Gasteiger partial charge in [0.1, 0.15) is 5.52 Å². The molecule has 3 nitrogen and oxygen atoms in total. The van der Waals surface area contributed by atoms with Crippen molar-refractivity contribution in [3.8, 4) is 44.8 Å². The van der Waals surface area contributed by atoms with Gasteiger partial charge in [-0.3, -0.25) is 0 Å². The molecule has 0 amide bonds. The maximum Gasteiger partial charge on any atom is 0.227 e. The van der Waals surface area contributed by atoms with E-state index < -0.39 is 0 Å². The number of aromatic nitrogens is 1. The molecule has 0 unspecified atom stereocenters. The molecule has 0 bridgehead atoms. The minimum atomic E-state index is 0.630. The number of rotatable bonds is 7. The van der Waals surface area contributed by atoms with Crippen molar-refractivity contribution in [1.82, 2.24) is 4.98 Å². The Labute approximate surface area is 291 Å². The quantitative estimate of drug-likeness (QED) is 0.174. The maximum absolute atomic E-state index is 6.36. The third kappa shape index (κ3) is 5.51. The van der Waals surface area contributed by atoms with Crippen molar-refractivity contribution in [2.24, 2.45) is 0 Å². The van der Waals surface area contributed by atoms with Crippen LogP contribution in [0, 0.1) is 0 Å². The van der Waals surface area contributed by atoms with E-state index in [1.165, 1.54) is 22.3 Å². The lowest BCUT2D eigenvalue weighted by atomic mass is 9.97. The first-order valence-electron chi connectivity index (χ1n) is 16.9. The van der Waals surface area contributed by atoms with Gasteiger partial charge in [0.2, 0.25) is 5.89 Å². The average molecular weight is 641 g/mol. The lowest BCUT2D eigenvalue weighted by molar-refractivity contribution is 0.623. The number of fused-ring (bicyclic) bond motifs is 3. The summed E-state index contributed by atoms with van der Waals surface area (Å²) in [6.07, 6.45) is 0. The van der Waals surface area contributed by atoms with E-state index in [-0.39, 0.29) is 0 Å². The fourth-order valence-corrected chi connectivity index (χ4v) is 6.80. The fourth-order valence-electron chi connectivity index (χ4n) is 6.80. The Kier molecular flexibility index (Phi) is 7.49. The van der Waals surface area contributed by atoms with Crippen LogP contribution < -0.4 is 4.90 Å². The molecule has 0 N–H and O–H groups in total. The summed E-state index contributed by atoms with van der Waals surface area (Å²) in [5.74, 6) is 0.630. The maximum atomic E-state index is 6.36. The molecule has 0 aliphatic carbocycles. The highest BCUT2D eigenvalue weighted by Crippen LogP contribution is 2.40. The summed E-state index contributed by atoms with van der Waals surface area (Å²) in [7, 11) is 0. The number of benzene rings is 8. The number of anilines is 3. The fraction of sp³-hybridized carbons (Fsp3) is 0. The number of oxazole rings is 1. The summed E-state index contributed by atoms with van der Waals surface area (Å²) >= 11 is 0. The molecule has 0 aliphatic heterocycles. The van der Waals surface area contributed by atoms with E-state index in [1.807, 2.05) is 30.3 Å². The van der Waals surface area contributed by atoms with Crippen LogP contribution in [0.15, 0.2) is 199 Å². The van der Waals surface area contributed by atoms with Gasteiger partial charge in [0.15, 0.2) is 5.58 Å². The van der Waals surface area contributed by atoms with E-state index in [2.05, 4.69) is 169 Å².